The van der Waals surface area contributed by atoms with Gasteiger partial charge in [-0.3, -0.25) is 0 Å². The lowest BCUT2D eigenvalue weighted by Gasteiger charge is -2.18. The van der Waals surface area contributed by atoms with Crippen molar-refractivity contribution in [2.75, 3.05) is 11.1 Å². The number of sulfonamides is 1. The van der Waals surface area contributed by atoms with E-state index in [9.17, 15) is 8.42 Å². The minimum atomic E-state index is -3.04. The molecule has 0 aromatic rings. The molecule has 15 heavy (non-hydrogen) atoms. The zero-order valence-electron chi connectivity index (χ0n) is 9.21. The standard InChI is InChI=1S/C10H20BrNO2S/c1-2-3-7-15(13,14)12-10-6-4-5-9(10)8-11/h9-10,12H,2-8H2,1H3. The molecular weight excluding hydrogens is 278 g/mol. The lowest BCUT2D eigenvalue weighted by Crippen LogP contribution is -2.39. The van der Waals surface area contributed by atoms with Crippen molar-refractivity contribution >= 4 is 26.0 Å². The molecule has 0 aromatic carbocycles. The van der Waals surface area contributed by atoms with Gasteiger partial charge in [0.2, 0.25) is 10.0 Å². The molecule has 0 heterocycles. The summed E-state index contributed by atoms with van der Waals surface area (Å²) in [5.41, 5.74) is 0. The number of hydrogen-bond donors (Lipinski definition) is 1. The molecule has 1 rings (SSSR count). The summed E-state index contributed by atoms with van der Waals surface area (Å²) in [7, 11) is -3.04. The fraction of sp³-hybridized carbons (Fsp3) is 1.00. The molecule has 2 unspecified atom stereocenters. The summed E-state index contributed by atoms with van der Waals surface area (Å²) in [5.74, 6) is 0.746. The Morgan fingerprint density at radius 2 is 2.13 bits per heavy atom. The minimum absolute atomic E-state index is 0.159. The molecule has 0 saturated heterocycles. The van der Waals surface area contributed by atoms with Crippen molar-refractivity contribution in [2.45, 2.75) is 45.1 Å². The first-order valence-corrected chi connectivity index (χ1v) is 8.42. The lowest BCUT2D eigenvalue weighted by atomic mass is 10.1. The van der Waals surface area contributed by atoms with E-state index in [4.69, 9.17) is 0 Å². The second-order valence-corrected chi connectivity index (χ2v) is 6.76. The van der Waals surface area contributed by atoms with Gasteiger partial charge in [-0.15, -0.1) is 0 Å². The first kappa shape index (κ1) is 13.5. The van der Waals surface area contributed by atoms with E-state index in [1.54, 1.807) is 0 Å². The first-order chi connectivity index (χ1) is 7.09. The molecule has 1 N–H and O–H groups in total. The lowest BCUT2D eigenvalue weighted by molar-refractivity contribution is 0.483. The van der Waals surface area contributed by atoms with Gasteiger partial charge in [-0.1, -0.05) is 35.7 Å². The topological polar surface area (TPSA) is 46.2 Å². The molecule has 0 aromatic heterocycles. The molecule has 1 fully saturated rings. The van der Waals surface area contributed by atoms with Crippen LogP contribution in [0.5, 0.6) is 0 Å². The highest BCUT2D eigenvalue weighted by molar-refractivity contribution is 9.09. The number of unbranched alkanes of at least 4 members (excludes halogenated alkanes) is 1. The maximum atomic E-state index is 11.7. The van der Waals surface area contributed by atoms with Crippen LogP contribution in [0.15, 0.2) is 0 Å². The minimum Gasteiger partial charge on any atom is -0.212 e. The van der Waals surface area contributed by atoms with Gasteiger partial charge in [0.25, 0.3) is 0 Å². The van der Waals surface area contributed by atoms with Crippen molar-refractivity contribution in [3.63, 3.8) is 0 Å². The highest BCUT2D eigenvalue weighted by Crippen LogP contribution is 2.27. The van der Waals surface area contributed by atoms with Crippen LogP contribution in [-0.4, -0.2) is 25.5 Å². The average molecular weight is 298 g/mol. The Bertz CT molecular complexity index is 279. The van der Waals surface area contributed by atoms with E-state index >= 15 is 0 Å². The van der Waals surface area contributed by atoms with Gasteiger partial charge < -0.3 is 0 Å². The SMILES string of the molecule is CCCCS(=O)(=O)NC1CCCC1CBr. The molecule has 2 atom stereocenters. The average Bonchev–Trinajstić information content (AvgIpc) is 2.61. The zero-order valence-corrected chi connectivity index (χ0v) is 11.6. The van der Waals surface area contributed by atoms with Gasteiger partial charge in [0, 0.05) is 11.4 Å². The quantitative estimate of drug-likeness (QED) is 0.765. The van der Waals surface area contributed by atoms with Crippen LogP contribution in [0, 0.1) is 5.92 Å². The van der Waals surface area contributed by atoms with Crippen molar-refractivity contribution in [1.29, 1.82) is 0 Å². The number of hydrogen-bond acceptors (Lipinski definition) is 2. The van der Waals surface area contributed by atoms with E-state index in [-0.39, 0.29) is 11.8 Å². The Kier molecular flexibility index (Phi) is 5.57. The first-order valence-electron chi connectivity index (χ1n) is 5.65. The molecule has 0 amide bonds. The van der Waals surface area contributed by atoms with E-state index in [1.807, 2.05) is 6.92 Å². The van der Waals surface area contributed by atoms with Crippen LogP contribution < -0.4 is 4.72 Å². The van der Waals surface area contributed by atoms with Gasteiger partial charge in [-0.2, -0.15) is 0 Å². The third-order valence-electron chi connectivity index (χ3n) is 2.95. The third kappa shape index (κ3) is 4.41. The van der Waals surface area contributed by atoms with Gasteiger partial charge in [-0.05, 0) is 25.2 Å². The Labute approximate surface area is 101 Å². The van der Waals surface area contributed by atoms with Crippen molar-refractivity contribution in [1.82, 2.24) is 4.72 Å². The molecule has 0 aliphatic heterocycles. The van der Waals surface area contributed by atoms with Crippen LogP contribution in [0.1, 0.15) is 39.0 Å². The molecule has 1 saturated carbocycles. The van der Waals surface area contributed by atoms with Crippen LogP contribution in [0.2, 0.25) is 0 Å². The largest absolute Gasteiger partial charge is 0.212 e. The van der Waals surface area contributed by atoms with Crippen LogP contribution in [0.3, 0.4) is 0 Å². The number of rotatable bonds is 6. The van der Waals surface area contributed by atoms with E-state index in [0.717, 1.165) is 37.4 Å². The Morgan fingerprint density at radius 1 is 1.40 bits per heavy atom. The van der Waals surface area contributed by atoms with Gasteiger partial charge in [0.15, 0.2) is 0 Å². The van der Waals surface area contributed by atoms with Crippen LogP contribution in [-0.2, 0) is 10.0 Å². The van der Waals surface area contributed by atoms with Crippen molar-refractivity contribution < 1.29 is 8.42 Å². The second kappa shape index (κ2) is 6.21. The van der Waals surface area contributed by atoms with Gasteiger partial charge >= 0.3 is 0 Å². The fourth-order valence-electron chi connectivity index (χ4n) is 2.00. The maximum absolute atomic E-state index is 11.7. The van der Waals surface area contributed by atoms with Crippen molar-refractivity contribution in [3.8, 4) is 0 Å². The van der Waals surface area contributed by atoms with E-state index in [0.29, 0.717) is 5.92 Å². The predicted molar refractivity (Wildman–Crippen MR) is 66.8 cm³/mol. The van der Waals surface area contributed by atoms with Crippen molar-refractivity contribution in [3.05, 3.63) is 0 Å². The van der Waals surface area contributed by atoms with Gasteiger partial charge in [-0.25, -0.2) is 13.1 Å². The molecule has 0 bridgehead atoms. The fourth-order valence-corrected chi connectivity index (χ4v) is 4.33. The normalized spacial score (nSPS) is 27.1. The molecule has 5 heteroatoms. The summed E-state index contributed by atoms with van der Waals surface area (Å²) in [6, 6.07) is 0.159. The number of alkyl halides is 1. The summed E-state index contributed by atoms with van der Waals surface area (Å²) >= 11 is 3.44. The summed E-state index contributed by atoms with van der Waals surface area (Å²) in [6.45, 7) is 2.01. The molecule has 0 radical (unpaired) electrons. The number of halogens is 1. The van der Waals surface area contributed by atoms with Gasteiger partial charge in [0.05, 0.1) is 5.75 Å². The molecule has 1 aliphatic rings. The summed E-state index contributed by atoms with van der Waals surface area (Å²) in [4.78, 5) is 0. The monoisotopic (exact) mass is 297 g/mol. The molecular formula is C10H20BrNO2S. The molecule has 1 aliphatic carbocycles. The maximum Gasteiger partial charge on any atom is 0.211 e. The zero-order chi connectivity index (χ0) is 11.3. The highest BCUT2D eigenvalue weighted by Gasteiger charge is 2.29. The molecule has 0 spiro atoms. The summed E-state index contributed by atoms with van der Waals surface area (Å²) < 4.78 is 26.2. The summed E-state index contributed by atoms with van der Waals surface area (Å²) in [5, 5.41) is 0.897. The summed E-state index contributed by atoms with van der Waals surface area (Å²) in [6.07, 6.45) is 4.93. The van der Waals surface area contributed by atoms with Gasteiger partial charge in [0.1, 0.15) is 0 Å². The Morgan fingerprint density at radius 3 is 2.73 bits per heavy atom. The van der Waals surface area contributed by atoms with Crippen LogP contribution >= 0.6 is 15.9 Å². The highest BCUT2D eigenvalue weighted by atomic mass is 79.9. The van der Waals surface area contributed by atoms with E-state index in [2.05, 4.69) is 20.7 Å². The van der Waals surface area contributed by atoms with E-state index in [1.165, 1.54) is 0 Å². The second-order valence-electron chi connectivity index (χ2n) is 4.24. The predicted octanol–water partition coefficient (Wildman–Crippen LogP) is 2.27. The smallest absolute Gasteiger partial charge is 0.211 e. The number of nitrogens with one attached hydrogen (secondary N) is 1. The molecule has 3 nitrogen and oxygen atoms in total. The third-order valence-corrected chi connectivity index (χ3v) is 5.27. The Balaban J connectivity index is 2.45. The van der Waals surface area contributed by atoms with Crippen LogP contribution in [0.25, 0.3) is 0 Å². The Hall–Kier alpha value is 0.390. The molecule has 90 valence electrons. The van der Waals surface area contributed by atoms with Crippen LogP contribution in [0.4, 0.5) is 0 Å². The van der Waals surface area contributed by atoms with E-state index < -0.39 is 10.0 Å². The van der Waals surface area contributed by atoms with Crippen molar-refractivity contribution in [2.24, 2.45) is 5.92 Å².